The van der Waals surface area contributed by atoms with Crippen molar-refractivity contribution < 1.29 is 13.9 Å². The van der Waals surface area contributed by atoms with Gasteiger partial charge in [0.05, 0.1) is 21.3 Å². The summed E-state index contributed by atoms with van der Waals surface area (Å²) in [6.07, 6.45) is 1.38. The van der Waals surface area contributed by atoms with E-state index in [-0.39, 0.29) is 6.61 Å². The summed E-state index contributed by atoms with van der Waals surface area (Å²) in [5, 5.41) is 5.02. The molecule has 0 saturated heterocycles. The highest BCUT2D eigenvalue weighted by Gasteiger charge is 2.11. The van der Waals surface area contributed by atoms with Crippen molar-refractivity contribution in [3.8, 4) is 28.2 Å². The van der Waals surface area contributed by atoms with Crippen LogP contribution in [0.4, 0.5) is 0 Å². The number of hydrazone groups is 1. The van der Waals surface area contributed by atoms with E-state index in [0.29, 0.717) is 37.9 Å². The van der Waals surface area contributed by atoms with Gasteiger partial charge in [-0.2, -0.15) is 5.10 Å². The molecule has 4 aromatic rings. The number of carbonyl (C=O) groups excluding carboxylic acids is 1. The van der Waals surface area contributed by atoms with Crippen LogP contribution in [0.3, 0.4) is 0 Å². The normalized spacial score (nSPS) is 11.0. The van der Waals surface area contributed by atoms with E-state index < -0.39 is 5.91 Å². The van der Waals surface area contributed by atoms with Crippen molar-refractivity contribution in [2.45, 2.75) is 0 Å². The van der Waals surface area contributed by atoms with Crippen LogP contribution in [0.5, 0.6) is 5.75 Å². The highest BCUT2D eigenvalue weighted by molar-refractivity contribution is 6.44. The zero-order valence-electron chi connectivity index (χ0n) is 17.1. The molecule has 0 unspecified atom stereocenters. The number of rotatable bonds is 7. The second kappa shape index (κ2) is 10.6. The fourth-order valence-electron chi connectivity index (χ4n) is 3.00. The zero-order chi connectivity index (χ0) is 23.2. The molecule has 4 rings (SSSR count). The summed E-state index contributed by atoms with van der Waals surface area (Å²) in [4.78, 5) is 12.0. The Kier molecular flexibility index (Phi) is 7.35. The first-order valence-corrected chi connectivity index (χ1v) is 11.0. The van der Waals surface area contributed by atoms with Gasteiger partial charge in [0.15, 0.2) is 6.61 Å². The molecule has 166 valence electrons. The molecule has 0 fully saturated rings. The number of halogens is 3. The summed E-state index contributed by atoms with van der Waals surface area (Å²) in [5.74, 6) is 1.10. The van der Waals surface area contributed by atoms with Crippen LogP contribution < -0.4 is 10.2 Å². The predicted molar refractivity (Wildman–Crippen MR) is 132 cm³/mol. The topological polar surface area (TPSA) is 63.8 Å². The molecule has 5 nitrogen and oxygen atoms in total. The number of amides is 1. The number of carbonyl (C=O) groups is 1. The van der Waals surface area contributed by atoms with E-state index >= 15 is 0 Å². The first-order valence-electron chi connectivity index (χ1n) is 9.84. The molecular formula is C25H17Cl3N2O3. The molecule has 0 aliphatic rings. The second-order valence-corrected chi connectivity index (χ2v) is 8.14. The van der Waals surface area contributed by atoms with Crippen LogP contribution in [-0.4, -0.2) is 18.7 Å². The van der Waals surface area contributed by atoms with Crippen molar-refractivity contribution in [3.05, 3.63) is 99.7 Å². The zero-order valence-corrected chi connectivity index (χ0v) is 19.4. The third-order valence-corrected chi connectivity index (χ3v) is 5.65. The first-order chi connectivity index (χ1) is 16.0. The van der Waals surface area contributed by atoms with Crippen LogP contribution in [0.1, 0.15) is 5.76 Å². The molecule has 0 radical (unpaired) electrons. The third-order valence-electron chi connectivity index (χ3n) is 4.61. The van der Waals surface area contributed by atoms with Crippen molar-refractivity contribution in [3.63, 3.8) is 0 Å². The Morgan fingerprint density at radius 1 is 0.879 bits per heavy atom. The van der Waals surface area contributed by atoms with Gasteiger partial charge in [-0.1, -0.05) is 77.3 Å². The lowest BCUT2D eigenvalue weighted by Crippen LogP contribution is -2.24. The van der Waals surface area contributed by atoms with E-state index in [1.165, 1.54) is 6.21 Å². The summed E-state index contributed by atoms with van der Waals surface area (Å²) in [5.41, 5.74) is 5.17. The molecule has 1 heterocycles. The molecule has 0 aliphatic heterocycles. The average Bonchev–Trinajstić information content (AvgIpc) is 3.29. The minimum absolute atomic E-state index is 0.176. The predicted octanol–water partition coefficient (Wildman–Crippen LogP) is 7.10. The lowest BCUT2D eigenvalue weighted by Gasteiger charge is -2.06. The second-order valence-electron chi connectivity index (χ2n) is 6.92. The van der Waals surface area contributed by atoms with Gasteiger partial charge >= 0.3 is 0 Å². The third kappa shape index (κ3) is 5.96. The highest BCUT2D eigenvalue weighted by atomic mass is 35.5. The van der Waals surface area contributed by atoms with Crippen molar-refractivity contribution in [1.29, 1.82) is 0 Å². The van der Waals surface area contributed by atoms with Crippen LogP contribution in [-0.2, 0) is 4.79 Å². The lowest BCUT2D eigenvalue weighted by molar-refractivity contribution is -0.123. The maximum atomic E-state index is 12.0. The van der Waals surface area contributed by atoms with Crippen molar-refractivity contribution in [2.24, 2.45) is 5.10 Å². The molecule has 8 heteroatoms. The molecule has 3 aromatic carbocycles. The number of hydrogen-bond donors (Lipinski definition) is 1. The monoisotopic (exact) mass is 498 g/mol. The maximum Gasteiger partial charge on any atom is 0.277 e. The fraction of sp³-hybridized carbons (Fsp3) is 0.0400. The smallest absolute Gasteiger partial charge is 0.277 e. The van der Waals surface area contributed by atoms with Crippen LogP contribution in [0.25, 0.3) is 22.5 Å². The van der Waals surface area contributed by atoms with E-state index in [4.69, 9.17) is 44.0 Å². The SMILES string of the molecule is O=C(COc1ccc(-c2ccccc2)cc1)NN=Cc1ccc(-c2cc(Cl)c(Cl)cc2Cl)o1. The van der Waals surface area contributed by atoms with Gasteiger partial charge in [-0.25, -0.2) is 5.43 Å². The van der Waals surface area contributed by atoms with Gasteiger partial charge in [0.1, 0.15) is 17.3 Å². The van der Waals surface area contributed by atoms with Gasteiger partial charge in [0.2, 0.25) is 0 Å². The molecule has 1 aromatic heterocycles. The molecule has 0 saturated carbocycles. The van der Waals surface area contributed by atoms with Gasteiger partial charge in [-0.05, 0) is 47.5 Å². The minimum atomic E-state index is -0.405. The summed E-state index contributed by atoms with van der Waals surface area (Å²) in [6, 6.07) is 24.1. The molecule has 0 atom stereocenters. The minimum Gasteiger partial charge on any atom is -0.484 e. The summed E-state index contributed by atoms with van der Waals surface area (Å²) in [7, 11) is 0. The Hall–Kier alpha value is -3.25. The summed E-state index contributed by atoms with van der Waals surface area (Å²) < 4.78 is 11.2. The van der Waals surface area contributed by atoms with Crippen molar-refractivity contribution >= 4 is 46.9 Å². The summed E-state index contributed by atoms with van der Waals surface area (Å²) >= 11 is 18.2. The Balaban J connectivity index is 1.29. The Bertz CT molecular complexity index is 1290. The van der Waals surface area contributed by atoms with E-state index in [1.54, 1.807) is 24.3 Å². The number of hydrogen-bond acceptors (Lipinski definition) is 4. The van der Waals surface area contributed by atoms with Crippen LogP contribution in [0.2, 0.25) is 15.1 Å². The van der Waals surface area contributed by atoms with E-state index in [2.05, 4.69) is 10.5 Å². The quantitative estimate of drug-likeness (QED) is 0.167. The van der Waals surface area contributed by atoms with E-state index in [9.17, 15) is 4.79 Å². The molecule has 0 aliphatic carbocycles. The molecule has 1 amide bonds. The van der Waals surface area contributed by atoms with Crippen molar-refractivity contribution in [2.75, 3.05) is 6.61 Å². The van der Waals surface area contributed by atoms with E-state index in [1.807, 2.05) is 54.6 Å². The Labute approximate surface area is 205 Å². The van der Waals surface area contributed by atoms with Gasteiger partial charge in [0, 0.05) is 5.56 Å². The number of ether oxygens (including phenoxy) is 1. The van der Waals surface area contributed by atoms with Crippen molar-refractivity contribution in [1.82, 2.24) is 5.43 Å². The molecule has 1 N–H and O–H groups in total. The van der Waals surface area contributed by atoms with Gasteiger partial charge in [0.25, 0.3) is 5.91 Å². The van der Waals surface area contributed by atoms with E-state index in [0.717, 1.165) is 11.1 Å². The standard InChI is InChI=1S/C25H17Cl3N2O3/c26-21-13-23(28)22(27)12-20(21)24-11-10-19(33-24)14-29-30-25(31)15-32-18-8-6-17(7-9-18)16-4-2-1-3-5-16/h1-14H,15H2,(H,30,31). The van der Waals surface area contributed by atoms with Crippen LogP contribution in [0.15, 0.2) is 88.4 Å². The number of nitrogens with one attached hydrogen (secondary N) is 1. The molecule has 0 bridgehead atoms. The first kappa shape index (κ1) is 22.9. The largest absolute Gasteiger partial charge is 0.484 e. The van der Waals surface area contributed by atoms with Gasteiger partial charge < -0.3 is 9.15 Å². The Morgan fingerprint density at radius 3 is 2.33 bits per heavy atom. The van der Waals surface area contributed by atoms with Crippen LogP contribution >= 0.6 is 34.8 Å². The molecular weight excluding hydrogens is 483 g/mol. The number of benzene rings is 3. The number of nitrogens with zero attached hydrogens (tertiary/aromatic N) is 1. The summed E-state index contributed by atoms with van der Waals surface area (Å²) in [6.45, 7) is -0.176. The molecule has 0 spiro atoms. The lowest BCUT2D eigenvalue weighted by atomic mass is 10.1. The average molecular weight is 500 g/mol. The fourth-order valence-corrected chi connectivity index (χ4v) is 3.64. The maximum absolute atomic E-state index is 12.0. The van der Waals surface area contributed by atoms with Gasteiger partial charge in [-0.15, -0.1) is 0 Å². The molecule has 33 heavy (non-hydrogen) atoms. The number of furan rings is 1. The van der Waals surface area contributed by atoms with Gasteiger partial charge in [-0.3, -0.25) is 4.79 Å². The highest BCUT2D eigenvalue weighted by Crippen LogP contribution is 2.35. The van der Waals surface area contributed by atoms with Crippen LogP contribution in [0, 0.1) is 0 Å². The Morgan fingerprint density at radius 2 is 1.58 bits per heavy atom.